The molecule has 1 aromatic heterocycles. The monoisotopic (exact) mass is 308 g/mol. The molecule has 0 saturated carbocycles. The van der Waals surface area contributed by atoms with Crippen LogP contribution in [0.25, 0.3) is 0 Å². The minimum atomic E-state index is -0.843. The molecular weight excluding hydrogens is 280 g/mol. The molecule has 0 aliphatic heterocycles. The summed E-state index contributed by atoms with van der Waals surface area (Å²) in [4.78, 5) is 16.6. The van der Waals surface area contributed by atoms with E-state index in [9.17, 15) is 4.79 Å². The molecule has 1 aromatic rings. The van der Waals surface area contributed by atoms with Gasteiger partial charge in [0.15, 0.2) is 0 Å². The van der Waals surface area contributed by atoms with E-state index in [-0.39, 0.29) is 5.91 Å². The van der Waals surface area contributed by atoms with Crippen LogP contribution >= 0.6 is 0 Å². The van der Waals surface area contributed by atoms with Crippen molar-refractivity contribution in [2.24, 2.45) is 5.92 Å². The number of rotatable bonds is 9. The SMILES string of the molecule is CCCCOc1ccc(NC(=O)[C@@](C)(CC(C)C)OC)cn1. The summed E-state index contributed by atoms with van der Waals surface area (Å²) >= 11 is 0. The first-order chi connectivity index (χ1) is 10.4. The van der Waals surface area contributed by atoms with Gasteiger partial charge < -0.3 is 14.8 Å². The normalized spacial score (nSPS) is 13.7. The van der Waals surface area contributed by atoms with Gasteiger partial charge in [0.2, 0.25) is 5.88 Å². The van der Waals surface area contributed by atoms with E-state index in [0.29, 0.717) is 30.5 Å². The number of hydrogen-bond acceptors (Lipinski definition) is 4. The van der Waals surface area contributed by atoms with Crippen molar-refractivity contribution in [3.8, 4) is 5.88 Å². The van der Waals surface area contributed by atoms with Crippen LogP contribution in [0.4, 0.5) is 5.69 Å². The van der Waals surface area contributed by atoms with Crippen molar-refractivity contribution in [3.05, 3.63) is 18.3 Å². The average molecular weight is 308 g/mol. The van der Waals surface area contributed by atoms with Crippen LogP contribution in [0.3, 0.4) is 0 Å². The first-order valence-electron chi connectivity index (χ1n) is 7.86. The topological polar surface area (TPSA) is 60.5 Å². The maximum Gasteiger partial charge on any atom is 0.256 e. The highest BCUT2D eigenvalue weighted by Crippen LogP contribution is 2.22. The Morgan fingerprint density at radius 1 is 1.41 bits per heavy atom. The van der Waals surface area contributed by atoms with Gasteiger partial charge in [-0.3, -0.25) is 4.79 Å². The van der Waals surface area contributed by atoms with Gasteiger partial charge in [0.25, 0.3) is 5.91 Å². The van der Waals surface area contributed by atoms with E-state index in [1.165, 1.54) is 0 Å². The maximum absolute atomic E-state index is 12.4. The molecule has 124 valence electrons. The Bertz CT molecular complexity index is 459. The Balaban J connectivity index is 2.63. The molecule has 1 N–H and O–H groups in total. The molecule has 0 bridgehead atoms. The minimum Gasteiger partial charge on any atom is -0.478 e. The van der Waals surface area contributed by atoms with Crippen LogP contribution in [0.1, 0.15) is 47.0 Å². The molecule has 22 heavy (non-hydrogen) atoms. The zero-order valence-electron chi connectivity index (χ0n) is 14.3. The highest BCUT2D eigenvalue weighted by Gasteiger charge is 2.33. The van der Waals surface area contributed by atoms with E-state index in [4.69, 9.17) is 9.47 Å². The van der Waals surface area contributed by atoms with Gasteiger partial charge in [-0.05, 0) is 31.7 Å². The van der Waals surface area contributed by atoms with Crippen molar-refractivity contribution in [3.63, 3.8) is 0 Å². The molecule has 1 atom stereocenters. The molecule has 0 fully saturated rings. The predicted molar refractivity (Wildman–Crippen MR) is 88.1 cm³/mol. The van der Waals surface area contributed by atoms with Crippen LogP contribution in [0.15, 0.2) is 18.3 Å². The second-order valence-corrected chi connectivity index (χ2v) is 6.07. The van der Waals surface area contributed by atoms with Crippen molar-refractivity contribution in [1.82, 2.24) is 4.98 Å². The van der Waals surface area contributed by atoms with Crippen LogP contribution in [0.5, 0.6) is 5.88 Å². The summed E-state index contributed by atoms with van der Waals surface area (Å²) in [5.41, 5.74) is -0.204. The zero-order chi connectivity index (χ0) is 16.6. The number of unbranched alkanes of at least 4 members (excludes halogenated alkanes) is 1. The number of amides is 1. The molecule has 1 heterocycles. The van der Waals surface area contributed by atoms with E-state index in [1.807, 2.05) is 0 Å². The third-order valence-electron chi connectivity index (χ3n) is 3.47. The van der Waals surface area contributed by atoms with Crippen molar-refractivity contribution in [2.75, 3.05) is 19.0 Å². The van der Waals surface area contributed by atoms with E-state index in [0.717, 1.165) is 12.8 Å². The third kappa shape index (κ3) is 5.64. The molecular formula is C17H28N2O3. The average Bonchev–Trinajstić information content (AvgIpc) is 2.48. The number of carbonyl (C=O) groups excluding carboxylic acids is 1. The summed E-state index contributed by atoms with van der Waals surface area (Å²) in [5, 5.41) is 2.85. The fourth-order valence-corrected chi connectivity index (χ4v) is 2.17. The lowest BCUT2D eigenvalue weighted by molar-refractivity contribution is -0.137. The molecule has 5 heteroatoms. The summed E-state index contributed by atoms with van der Waals surface area (Å²) in [6.45, 7) is 8.70. The molecule has 1 amide bonds. The van der Waals surface area contributed by atoms with E-state index >= 15 is 0 Å². The largest absolute Gasteiger partial charge is 0.478 e. The Kier molecular flexibility index (Phi) is 7.32. The number of nitrogens with one attached hydrogen (secondary N) is 1. The van der Waals surface area contributed by atoms with Gasteiger partial charge in [-0.1, -0.05) is 27.2 Å². The van der Waals surface area contributed by atoms with Gasteiger partial charge in [0.1, 0.15) is 5.60 Å². The van der Waals surface area contributed by atoms with Crippen molar-refractivity contribution >= 4 is 11.6 Å². The number of ether oxygens (including phenoxy) is 2. The second-order valence-electron chi connectivity index (χ2n) is 6.07. The van der Waals surface area contributed by atoms with Gasteiger partial charge in [-0.15, -0.1) is 0 Å². The Morgan fingerprint density at radius 2 is 2.14 bits per heavy atom. The van der Waals surface area contributed by atoms with Gasteiger partial charge >= 0.3 is 0 Å². The Morgan fingerprint density at radius 3 is 2.64 bits per heavy atom. The van der Waals surface area contributed by atoms with Gasteiger partial charge in [-0.25, -0.2) is 4.98 Å². The number of pyridine rings is 1. The molecule has 5 nitrogen and oxygen atoms in total. The lowest BCUT2D eigenvalue weighted by Crippen LogP contribution is -2.43. The van der Waals surface area contributed by atoms with Crippen LogP contribution < -0.4 is 10.1 Å². The molecule has 0 unspecified atom stereocenters. The fourth-order valence-electron chi connectivity index (χ4n) is 2.17. The van der Waals surface area contributed by atoms with E-state index < -0.39 is 5.60 Å². The number of nitrogens with zero attached hydrogens (tertiary/aromatic N) is 1. The maximum atomic E-state index is 12.4. The quantitative estimate of drug-likeness (QED) is 0.707. The molecule has 0 aliphatic carbocycles. The number of carbonyl (C=O) groups is 1. The first-order valence-corrected chi connectivity index (χ1v) is 7.86. The Labute approximate surface area is 133 Å². The molecule has 0 radical (unpaired) electrons. The summed E-state index contributed by atoms with van der Waals surface area (Å²) < 4.78 is 10.9. The van der Waals surface area contributed by atoms with E-state index in [2.05, 4.69) is 31.1 Å². The molecule has 0 saturated heterocycles. The van der Waals surface area contributed by atoms with Crippen LogP contribution in [0.2, 0.25) is 0 Å². The summed E-state index contributed by atoms with van der Waals surface area (Å²) in [6.07, 6.45) is 4.34. The van der Waals surface area contributed by atoms with Crippen LogP contribution in [-0.4, -0.2) is 30.2 Å². The molecule has 1 rings (SSSR count). The van der Waals surface area contributed by atoms with Crippen molar-refractivity contribution in [2.45, 2.75) is 52.6 Å². The number of aromatic nitrogens is 1. The van der Waals surface area contributed by atoms with Gasteiger partial charge in [-0.2, -0.15) is 0 Å². The molecule has 0 aliphatic rings. The highest BCUT2D eigenvalue weighted by atomic mass is 16.5. The fraction of sp³-hybridized carbons (Fsp3) is 0.647. The van der Waals surface area contributed by atoms with Gasteiger partial charge in [0.05, 0.1) is 18.5 Å². The zero-order valence-corrected chi connectivity index (χ0v) is 14.3. The van der Waals surface area contributed by atoms with Crippen molar-refractivity contribution in [1.29, 1.82) is 0 Å². The summed E-state index contributed by atoms with van der Waals surface area (Å²) in [5.74, 6) is 0.774. The predicted octanol–water partition coefficient (Wildman–Crippen LogP) is 3.65. The highest BCUT2D eigenvalue weighted by molar-refractivity contribution is 5.96. The lowest BCUT2D eigenvalue weighted by atomic mass is 9.93. The van der Waals surface area contributed by atoms with Crippen LogP contribution in [0, 0.1) is 5.92 Å². The first kappa shape index (κ1) is 18.4. The standard InChI is InChI=1S/C17H28N2O3/c1-6-7-10-22-15-9-8-14(12-18-15)19-16(20)17(4,21-5)11-13(2)3/h8-9,12-13H,6-7,10-11H2,1-5H3,(H,19,20)/t17-/m1/s1. The number of methoxy groups -OCH3 is 1. The number of hydrogen-bond donors (Lipinski definition) is 1. The summed E-state index contributed by atoms with van der Waals surface area (Å²) in [6, 6.07) is 3.55. The second kappa shape index (κ2) is 8.73. The van der Waals surface area contributed by atoms with Crippen LogP contribution in [-0.2, 0) is 9.53 Å². The van der Waals surface area contributed by atoms with E-state index in [1.54, 1.807) is 32.4 Å². The lowest BCUT2D eigenvalue weighted by Gasteiger charge is -2.28. The molecule has 0 aromatic carbocycles. The number of anilines is 1. The summed E-state index contributed by atoms with van der Waals surface area (Å²) in [7, 11) is 1.56. The third-order valence-corrected chi connectivity index (χ3v) is 3.47. The van der Waals surface area contributed by atoms with Crippen molar-refractivity contribution < 1.29 is 14.3 Å². The van der Waals surface area contributed by atoms with Gasteiger partial charge in [0, 0.05) is 13.2 Å². The smallest absolute Gasteiger partial charge is 0.256 e. The minimum absolute atomic E-state index is 0.162. The Hall–Kier alpha value is -1.62. The molecule has 0 spiro atoms.